The first-order chi connectivity index (χ1) is 3.66. The fourth-order valence-electron chi connectivity index (χ4n) is 0.533. The van der Waals surface area contributed by atoms with Gasteiger partial charge in [0.25, 0.3) is 0 Å². The molecule has 0 aliphatic carbocycles. The fraction of sp³-hybridized carbons (Fsp3) is 0.833. The van der Waals surface area contributed by atoms with Crippen molar-refractivity contribution in [1.82, 2.24) is 0 Å². The van der Waals surface area contributed by atoms with Gasteiger partial charge in [0.15, 0.2) is 0 Å². The zero-order valence-corrected chi connectivity index (χ0v) is 10.4. The SMILES string of the molecule is [CH2-]C[SiH](C)OC(C)C.[Cl-].[Mg+2]. The summed E-state index contributed by atoms with van der Waals surface area (Å²) in [4.78, 5) is 0. The van der Waals surface area contributed by atoms with Gasteiger partial charge in [-0.3, -0.25) is 0 Å². The minimum Gasteiger partial charge on any atom is -1.00 e. The maximum Gasteiger partial charge on any atom is 2.00 e. The molecule has 0 fully saturated rings. The fourth-order valence-corrected chi connectivity index (χ4v) is 1.60. The van der Waals surface area contributed by atoms with Crippen molar-refractivity contribution in [2.75, 3.05) is 0 Å². The van der Waals surface area contributed by atoms with Crippen LogP contribution in [0.4, 0.5) is 0 Å². The molecule has 1 atom stereocenters. The molecule has 0 aromatic heterocycles. The first kappa shape index (κ1) is 17.4. The third-order valence-corrected chi connectivity index (χ3v) is 2.73. The molecule has 0 saturated heterocycles. The molecule has 0 rings (SSSR count). The van der Waals surface area contributed by atoms with E-state index in [0.29, 0.717) is 6.10 Å². The molecule has 0 aromatic rings. The Balaban J connectivity index is -0.000000245. The van der Waals surface area contributed by atoms with Crippen molar-refractivity contribution >= 4 is 32.1 Å². The normalized spacial score (nSPS) is 11.7. The minimum absolute atomic E-state index is 0. The maximum atomic E-state index is 5.48. The number of rotatable bonds is 3. The van der Waals surface area contributed by atoms with Crippen LogP contribution in [0.25, 0.3) is 0 Å². The minimum atomic E-state index is -0.850. The van der Waals surface area contributed by atoms with Crippen molar-refractivity contribution in [2.24, 2.45) is 0 Å². The quantitative estimate of drug-likeness (QED) is 0.378. The van der Waals surface area contributed by atoms with Crippen molar-refractivity contribution in [2.45, 2.75) is 32.5 Å². The van der Waals surface area contributed by atoms with Crippen LogP contribution in [0.2, 0.25) is 12.6 Å². The number of hydrogen-bond acceptors (Lipinski definition) is 1. The van der Waals surface area contributed by atoms with Gasteiger partial charge in [-0.25, -0.2) is 0 Å². The summed E-state index contributed by atoms with van der Waals surface area (Å²) >= 11 is 0. The van der Waals surface area contributed by atoms with E-state index in [0.717, 1.165) is 6.04 Å². The van der Waals surface area contributed by atoms with E-state index in [4.69, 9.17) is 4.43 Å². The van der Waals surface area contributed by atoms with Crippen LogP contribution < -0.4 is 12.4 Å². The number of halogens is 1. The Hall–Kier alpha value is 1.23. The topological polar surface area (TPSA) is 9.23 Å². The Morgan fingerprint density at radius 2 is 1.90 bits per heavy atom. The van der Waals surface area contributed by atoms with Gasteiger partial charge in [0, 0.05) is 6.10 Å². The van der Waals surface area contributed by atoms with Crippen LogP contribution in [0, 0.1) is 6.92 Å². The van der Waals surface area contributed by atoms with Crippen LogP contribution >= 0.6 is 0 Å². The molecule has 4 heteroatoms. The molecular formula is C6H15ClMgOSi. The van der Waals surface area contributed by atoms with Gasteiger partial charge in [-0.05, 0) is 13.8 Å². The maximum absolute atomic E-state index is 5.48. The van der Waals surface area contributed by atoms with Gasteiger partial charge in [-0.2, -0.15) is 6.04 Å². The Morgan fingerprint density at radius 1 is 1.50 bits per heavy atom. The second-order valence-electron chi connectivity index (χ2n) is 2.28. The van der Waals surface area contributed by atoms with Gasteiger partial charge in [-0.15, -0.1) is 0 Å². The molecule has 0 amide bonds. The molecule has 0 aromatic carbocycles. The van der Waals surface area contributed by atoms with Crippen LogP contribution in [0.3, 0.4) is 0 Å². The summed E-state index contributed by atoms with van der Waals surface area (Å²) in [6.45, 7) is 10.1. The van der Waals surface area contributed by atoms with E-state index >= 15 is 0 Å². The Morgan fingerprint density at radius 3 is 2.00 bits per heavy atom. The van der Waals surface area contributed by atoms with E-state index < -0.39 is 9.04 Å². The molecule has 0 spiro atoms. The van der Waals surface area contributed by atoms with Crippen LogP contribution in [0.15, 0.2) is 0 Å². The third kappa shape index (κ3) is 12.0. The molecular weight excluding hydrogens is 176 g/mol. The molecule has 0 bridgehead atoms. The van der Waals surface area contributed by atoms with Crippen LogP contribution in [0.1, 0.15) is 13.8 Å². The third-order valence-electron chi connectivity index (χ3n) is 0.911. The molecule has 10 heavy (non-hydrogen) atoms. The van der Waals surface area contributed by atoms with Gasteiger partial charge in [-0.1, -0.05) is 6.55 Å². The standard InChI is InChI=1S/C6H15OSi.ClH.Mg/c1-5-8(4)7-6(2)3;;/h6,8H,1,5H2,2-4H3;1H;/q-1;;+2/p-1. The van der Waals surface area contributed by atoms with Crippen LogP contribution in [-0.4, -0.2) is 38.2 Å². The van der Waals surface area contributed by atoms with Gasteiger partial charge >= 0.3 is 23.1 Å². The van der Waals surface area contributed by atoms with Gasteiger partial charge in [0.2, 0.25) is 0 Å². The van der Waals surface area contributed by atoms with Crippen molar-refractivity contribution in [3.05, 3.63) is 6.92 Å². The largest absolute Gasteiger partial charge is 2.00 e. The summed E-state index contributed by atoms with van der Waals surface area (Å²) < 4.78 is 5.48. The molecule has 58 valence electrons. The smallest absolute Gasteiger partial charge is 1.00 e. The average molecular weight is 191 g/mol. The molecule has 0 aliphatic heterocycles. The second kappa shape index (κ2) is 10.2. The van der Waals surface area contributed by atoms with Gasteiger partial charge < -0.3 is 23.8 Å². The second-order valence-corrected chi connectivity index (χ2v) is 4.75. The predicted octanol–water partition coefficient (Wildman–Crippen LogP) is -1.78. The summed E-state index contributed by atoms with van der Waals surface area (Å²) in [5.41, 5.74) is 0. The monoisotopic (exact) mass is 190 g/mol. The molecule has 0 radical (unpaired) electrons. The van der Waals surface area contributed by atoms with Crippen LogP contribution in [-0.2, 0) is 4.43 Å². The summed E-state index contributed by atoms with van der Waals surface area (Å²) in [6, 6.07) is 0.998. The number of hydrogen-bond donors (Lipinski definition) is 0. The molecule has 0 aliphatic rings. The summed E-state index contributed by atoms with van der Waals surface area (Å²) in [5.74, 6) is 0. The van der Waals surface area contributed by atoms with E-state index in [1.807, 2.05) is 0 Å². The van der Waals surface area contributed by atoms with E-state index in [1.165, 1.54) is 0 Å². The van der Waals surface area contributed by atoms with E-state index in [9.17, 15) is 0 Å². The van der Waals surface area contributed by atoms with E-state index in [1.54, 1.807) is 0 Å². The van der Waals surface area contributed by atoms with Gasteiger partial charge in [0.1, 0.15) is 9.04 Å². The molecule has 1 unspecified atom stereocenters. The van der Waals surface area contributed by atoms with Gasteiger partial charge in [0.05, 0.1) is 0 Å². The molecule has 0 heterocycles. The van der Waals surface area contributed by atoms with Crippen LogP contribution in [0.5, 0.6) is 0 Å². The van der Waals surface area contributed by atoms with E-state index in [2.05, 4.69) is 27.3 Å². The van der Waals surface area contributed by atoms with Crippen molar-refractivity contribution in [1.29, 1.82) is 0 Å². The van der Waals surface area contributed by atoms with Crippen molar-refractivity contribution < 1.29 is 16.8 Å². The summed E-state index contributed by atoms with van der Waals surface area (Å²) in [7, 11) is -0.850. The Bertz CT molecular complexity index is 63.7. The zero-order chi connectivity index (χ0) is 6.57. The first-order valence-electron chi connectivity index (χ1n) is 3.11. The molecule has 0 saturated carbocycles. The van der Waals surface area contributed by atoms with Crippen molar-refractivity contribution in [3.63, 3.8) is 0 Å². The Labute approximate surface area is 88.2 Å². The molecule has 0 N–H and O–H groups in total. The first-order valence-corrected chi connectivity index (χ1v) is 5.55. The average Bonchev–Trinajstić information content (AvgIpc) is 1.65. The molecule has 1 nitrogen and oxygen atoms in total. The zero-order valence-electron chi connectivity index (χ0n) is 7.06. The summed E-state index contributed by atoms with van der Waals surface area (Å²) in [5, 5.41) is 0. The summed E-state index contributed by atoms with van der Waals surface area (Å²) in [6.07, 6.45) is 0.401. The Kier molecular flexibility index (Phi) is 17.8. The predicted molar refractivity (Wildman–Crippen MR) is 45.2 cm³/mol. The van der Waals surface area contributed by atoms with E-state index in [-0.39, 0.29) is 35.5 Å². The van der Waals surface area contributed by atoms with Crippen molar-refractivity contribution in [3.8, 4) is 0 Å².